The van der Waals surface area contributed by atoms with Crippen LogP contribution in [0.1, 0.15) is 38.3 Å². The Morgan fingerprint density at radius 2 is 1.88 bits per heavy atom. The van der Waals surface area contributed by atoms with Crippen molar-refractivity contribution in [3.8, 4) is 5.75 Å². The summed E-state index contributed by atoms with van der Waals surface area (Å²) in [5, 5.41) is 24.6. The largest absolute Gasteiger partial charge is 0.492 e. The van der Waals surface area contributed by atoms with Gasteiger partial charge in [-0.05, 0) is 68.2 Å². The van der Waals surface area contributed by atoms with Crippen molar-refractivity contribution in [1.29, 1.82) is 0 Å². The van der Waals surface area contributed by atoms with Gasteiger partial charge in [0.25, 0.3) is 0 Å². The highest BCUT2D eigenvalue weighted by molar-refractivity contribution is 7.16. The average molecular weight is 580 g/mol. The predicted octanol–water partition coefficient (Wildman–Crippen LogP) is 4.92. The van der Waals surface area contributed by atoms with E-state index in [1.165, 1.54) is 11.3 Å². The predicted molar refractivity (Wildman–Crippen MR) is 157 cm³/mol. The Balaban J connectivity index is 1.34. The van der Waals surface area contributed by atoms with Crippen LogP contribution in [-0.4, -0.2) is 50.9 Å². The maximum absolute atomic E-state index is 12.7. The number of nitrogens with one attached hydrogen (secondary N) is 1. The van der Waals surface area contributed by atoms with Gasteiger partial charge < -0.3 is 25.1 Å². The Kier molecular flexibility index (Phi) is 9.28. The van der Waals surface area contributed by atoms with Gasteiger partial charge in [-0.3, -0.25) is 9.36 Å². The first-order chi connectivity index (χ1) is 19.5. The van der Waals surface area contributed by atoms with Crippen LogP contribution in [0.25, 0.3) is 10.2 Å². The van der Waals surface area contributed by atoms with Crippen molar-refractivity contribution < 1.29 is 29.4 Å². The average Bonchev–Trinajstić information content (AvgIpc) is 3.22. The van der Waals surface area contributed by atoms with Gasteiger partial charge in [0.15, 0.2) is 0 Å². The smallest absolute Gasteiger partial charge is 0.408 e. The highest BCUT2D eigenvalue weighted by Crippen LogP contribution is 2.23. The fraction of sp³-hybridized carbons (Fsp3) is 0.333. The molecule has 0 bridgehead atoms. The number of carbonyl (C=O) groups is 2. The second-order valence-electron chi connectivity index (χ2n) is 10.6. The summed E-state index contributed by atoms with van der Waals surface area (Å²) in [5.74, 6) is -0.588. The van der Waals surface area contributed by atoms with E-state index in [1.54, 1.807) is 49.6 Å². The second kappa shape index (κ2) is 12.9. The number of allylic oxidation sites excluding steroid dienone is 4. The molecule has 2 aromatic carbocycles. The number of carboxylic acids is 1. The first-order valence-electron chi connectivity index (χ1n) is 13.2. The summed E-state index contributed by atoms with van der Waals surface area (Å²) in [7, 11) is 0. The third kappa shape index (κ3) is 8.07. The molecule has 3 N–H and O–H groups in total. The molecule has 0 aliphatic heterocycles. The molecule has 1 heterocycles. The number of carbonyl (C=O) groups excluding carboxylic acids is 1. The van der Waals surface area contributed by atoms with Crippen LogP contribution in [0.15, 0.2) is 76.2 Å². The number of thiazole rings is 1. The van der Waals surface area contributed by atoms with Crippen LogP contribution in [0.5, 0.6) is 5.75 Å². The third-order valence-electron chi connectivity index (χ3n) is 6.30. The summed E-state index contributed by atoms with van der Waals surface area (Å²) in [6.45, 7) is 5.73. The van der Waals surface area contributed by atoms with Crippen molar-refractivity contribution in [3.63, 3.8) is 0 Å². The van der Waals surface area contributed by atoms with Crippen LogP contribution in [0, 0.1) is 0 Å². The van der Waals surface area contributed by atoms with Crippen LogP contribution in [-0.2, 0) is 28.9 Å². The third-order valence-corrected chi connectivity index (χ3v) is 7.24. The van der Waals surface area contributed by atoms with E-state index in [1.807, 2.05) is 36.4 Å². The van der Waals surface area contributed by atoms with Crippen LogP contribution in [0.4, 0.5) is 4.79 Å². The van der Waals surface area contributed by atoms with Gasteiger partial charge in [-0.15, -0.1) is 0 Å². The Morgan fingerprint density at radius 3 is 2.56 bits per heavy atom. The molecule has 0 saturated heterocycles. The lowest BCUT2D eigenvalue weighted by Gasteiger charge is -2.22. The van der Waals surface area contributed by atoms with Crippen molar-refractivity contribution in [1.82, 2.24) is 9.88 Å². The van der Waals surface area contributed by atoms with Crippen molar-refractivity contribution in [2.24, 2.45) is 5.16 Å². The molecule has 1 atom stereocenters. The highest BCUT2D eigenvalue weighted by atomic mass is 32.1. The molecule has 1 unspecified atom stereocenters. The van der Waals surface area contributed by atoms with Crippen molar-refractivity contribution in [2.45, 2.75) is 58.2 Å². The number of carboxylic acid groups (broad SMARTS) is 1. The summed E-state index contributed by atoms with van der Waals surface area (Å²) in [6, 6.07) is 11.7. The van der Waals surface area contributed by atoms with E-state index in [4.69, 9.17) is 9.47 Å². The molecule has 10 nitrogen and oxygen atoms in total. The quantitative estimate of drug-likeness (QED) is 0.229. The maximum atomic E-state index is 12.7. The maximum Gasteiger partial charge on any atom is 0.408 e. The number of hydrogen-bond acceptors (Lipinski definition) is 8. The molecule has 1 aliphatic rings. The highest BCUT2D eigenvalue weighted by Gasteiger charge is 2.24. The van der Waals surface area contributed by atoms with E-state index < -0.39 is 23.7 Å². The Bertz CT molecular complexity index is 1560. The van der Waals surface area contributed by atoms with E-state index >= 15 is 0 Å². The van der Waals surface area contributed by atoms with E-state index in [-0.39, 0.29) is 17.9 Å². The minimum absolute atomic E-state index is 0.0780. The minimum Gasteiger partial charge on any atom is -0.492 e. The minimum atomic E-state index is -1.16. The molecule has 11 heteroatoms. The molecule has 1 aromatic heterocycles. The molecule has 1 amide bonds. The van der Waals surface area contributed by atoms with Crippen LogP contribution in [0.3, 0.4) is 0 Å². The molecule has 0 radical (unpaired) electrons. The van der Waals surface area contributed by atoms with Gasteiger partial charge in [0.2, 0.25) is 0 Å². The lowest BCUT2D eigenvalue weighted by Crippen LogP contribution is -2.44. The lowest BCUT2D eigenvalue weighted by molar-refractivity contribution is -0.139. The monoisotopic (exact) mass is 579 g/mol. The molecule has 0 saturated carbocycles. The van der Waals surface area contributed by atoms with Gasteiger partial charge in [-0.1, -0.05) is 52.9 Å². The topological polar surface area (TPSA) is 139 Å². The normalized spacial score (nSPS) is 15.0. The zero-order valence-corrected chi connectivity index (χ0v) is 23.9. The number of fused-ring (bicyclic) bond motifs is 1. The number of benzene rings is 2. The molecule has 0 fully saturated rings. The van der Waals surface area contributed by atoms with Gasteiger partial charge in [0, 0.05) is 12.8 Å². The summed E-state index contributed by atoms with van der Waals surface area (Å²) < 4.78 is 13.6. The Hall–Kier alpha value is -4.38. The molecular weight excluding hydrogens is 546 g/mol. The summed E-state index contributed by atoms with van der Waals surface area (Å²) in [4.78, 5) is 36.3. The molecular formula is C30H33N3O7S. The van der Waals surface area contributed by atoms with Gasteiger partial charge in [-0.2, -0.15) is 0 Å². The van der Waals surface area contributed by atoms with Gasteiger partial charge in [0.05, 0.1) is 22.5 Å². The second-order valence-corrected chi connectivity index (χ2v) is 11.6. The van der Waals surface area contributed by atoms with Crippen LogP contribution < -0.4 is 14.9 Å². The number of alkyl carbamates (subject to hydrolysis) is 1. The van der Waals surface area contributed by atoms with Gasteiger partial charge >= 0.3 is 16.9 Å². The van der Waals surface area contributed by atoms with Crippen LogP contribution >= 0.6 is 11.3 Å². The molecule has 3 aromatic rings. The number of hydrogen-bond donors (Lipinski definition) is 3. The van der Waals surface area contributed by atoms with Crippen LogP contribution in [0.2, 0.25) is 0 Å². The summed E-state index contributed by atoms with van der Waals surface area (Å²) in [5.41, 5.74) is 3.40. The van der Waals surface area contributed by atoms with E-state index in [2.05, 4.69) is 10.5 Å². The summed E-state index contributed by atoms with van der Waals surface area (Å²) in [6.07, 6.45) is 6.30. The molecule has 216 valence electrons. The van der Waals surface area contributed by atoms with E-state index in [0.29, 0.717) is 36.4 Å². The zero-order valence-electron chi connectivity index (χ0n) is 23.1. The zero-order chi connectivity index (χ0) is 29.6. The van der Waals surface area contributed by atoms with Crippen molar-refractivity contribution >= 4 is 39.3 Å². The van der Waals surface area contributed by atoms with Gasteiger partial charge in [-0.25, -0.2) is 9.59 Å². The number of nitrogens with zero attached hydrogens (tertiary/aromatic N) is 2. The van der Waals surface area contributed by atoms with Gasteiger partial charge in [0.1, 0.15) is 24.0 Å². The standard InChI is InChI=1S/C30H33N3O7S/c1-30(2,3)40-28(36)31-24(27(34)35)17-19-8-11-22(12-9-19)39-15-14-33-25-13-10-20(18-26(25)41-29(33)37)16-21-6-4-5-7-23(21)32-38/h4-6,8-13,18,24,38H,7,14-17H2,1-3H3,(H,31,36)(H,34,35). The molecule has 0 spiro atoms. The Morgan fingerprint density at radius 1 is 1.15 bits per heavy atom. The fourth-order valence-electron chi connectivity index (χ4n) is 4.37. The Labute approximate surface area is 241 Å². The summed E-state index contributed by atoms with van der Waals surface area (Å²) >= 11 is 1.18. The first kappa shape index (κ1) is 29.6. The number of ether oxygens (including phenoxy) is 2. The van der Waals surface area contributed by atoms with Crippen molar-refractivity contribution in [2.75, 3.05) is 6.61 Å². The van der Waals surface area contributed by atoms with E-state index in [0.717, 1.165) is 21.4 Å². The van der Waals surface area contributed by atoms with Crippen molar-refractivity contribution in [3.05, 3.63) is 87.1 Å². The number of oxime groups is 1. The number of rotatable bonds is 10. The molecule has 1 aliphatic carbocycles. The lowest BCUT2D eigenvalue weighted by atomic mass is 9.96. The number of amides is 1. The SMILES string of the molecule is CC(C)(C)OC(=O)NC(Cc1ccc(OCCn2c(=O)sc3cc(CC4=CC=CCC4=NO)ccc32)cc1)C(=O)O. The number of aliphatic carboxylic acids is 1. The number of aromatic nitrogens is 1. The fourth-order valence-corrected chi connectivity index (χ4v) is 5.35. The molecule has 41 heavy (non-hydrogen) atoms. The van der Waals surface area contributed by atoms with E-state index in [9.17, 15) is 24.7 Å². The molecule has 4 rings (SSSR count). The first-order valence-corrected chi connectivity index (χ1v) is 14.0.